The molecule has 22 heavy (non-hydrogen) atoms. The maximum Gasteiger partial charge on any atom is 0.186 e. The second-order valence-electron chi connectivity index (χ2n) is 3.93. The summed E-state index contributed by atoms with van der Waals surface area (Å²) in [4.78, 5) is 3.98. The molecule has 0 fully saturated rings. The number of nitrogens with zero attached hydrogens (tertiary/aromatic N) is 3. The number of hydrazone groups is 2. The fraction of sp³-hybridized carbons (Fsp3) is 0.308. The van der Waals surface area contributed by atoms with Gasteiger partial charge in [-0.2, -0.15) is 10.2 Å². The zero-order valence-corrected chi connectivity index (χ0v) is 14.1. The highest BCUT2D eigenvalue weighted by molar-refractivity contribution is 7.80. The number of pyridine rings is 1. The lowest BCUT2D eigenvalue weighted by Gasteiger charge is -2.06. The molecular weight excluding hydrogens is 318 g/mol. The molecular formula is C13H19N7S2. The normalized spacial score (nSPS) is 11.1. The number of rotatable bonds is 6. The van der Waals surface area contributed by atoms with E-state index in [0.29, 0.717) is 15.9 Å². The first-order chi connectivity index (χ1) is 10.7. The van der Waals surface area contributed by atoms with E-state index in [4.69, 9.17) is 24.4 Å². The van der Waals surface area contributed by atoms with Gasteiger partial charge in [0, 0.05) is 31.0 Å². The molecule has 0 amide bonds. The van der Waals surface area contributed by atoms with Gasteiger partial charge in [-0.25, -0.2) is 0 Å². The van der Waals surface area contributed by atoms with Gasteiger partial charge in [0.05, 0.1) is 6.21 Å². The van der Waals surface area contributed by atoms with E-state index in [9.17, 15) is 0 Å². The molecule has 0 aliphatic heterocycles. The highest BCUT2D eigenvalue weighted by atomic mass is 32.1. The quantitative estimate of drug-likeness (QED) is 0.346. The monoisotopic (exact) mass is 337 g/mol. The number of nitrogens with one attached hydrogen (secondary N) is 4. The largest absolute Gasteiger partial charge is 0.362 e. The van der Waals surface area contributed by atoms with Crippen molar-refractivity contribution in [2.75, 3.05) is 13.1 Å². The number of aromatic nitrogens is 1. The Hall–Kier alpha value is -2.13. The Labute approximate surface area is 140 Å². The third-order valence-corrected chi connectivity index (χ3v) is 2.75. The lowest BCUT2D eigenvalue weighted by atomic mass is 10.2. The summed E-state index contributed by atoms with van der Waals surface area (Å²) in [5, 5.41) is 15.1. The predicted octanol–water partition coefficient (Wildman–Crippen LogP) is 0.740. The maximum atomic E-state index is 5.08. The summed E-state index contributed by atoms with van der Waals surface area (Å²) < 4.78 is 0. The summed E-state index contributed by atoms with van der Waals surface area (Å²) in [6.07, 6.45) is 4.91. The lowest BCUT2D eigenvalue weighted by Crippen LogP contribution is -2.33. The van der Waals surface area contributed by atoms with Gasteiger partial charge in [0.1, 0.15) is 5.71 Å². The van der Waals surface area contributed by atoms with Crippen LogP contribution in [0.1, 0.15) is 19.4 Å². The van der Waals surface area contributed by atoms with E-state index in [2.05, 4.69) is 36.7 Å². The van der Waals surface area contributed by atoms with Crippen molar-refractivity contribution in [3.8, 4) is 0 Å². The molecule has 0 spiro atoms. The van der Waals surface area contributed by atoms with Gasteiger partial charge in [0.2, 0.25) is 0 Å². The average molecular weight is 337 g/mol. The van der Waals surface area contributed by atoms with E-state index in [1.165, 1.54) is 0 Å². The Morgan fingerprint density at radius 2 is 1.68 bits per heavy atom. The van der Waals surface area contributed by atoms with Gasteiger partial charge in [0.25, 0.3) is 0 Å². The molecule has 0 unspecified atom stereocenters. The zero-order valence-electron chi connectivity index (χ0n) is 12.5. The molecule has 0 radical (unpaired) electrons. The number of thiocarbonyl (C=S) groups is 2. The van der Waals surface area contributed by atoms with Crippen LogP contribution in [0.4, 0.5) is 0 Å². The number of hydrogen-bond donors (Lipinski definition) is 4. The van der Waals surface area contributed by atoms with E-state index in [1.54, 1.807) is 18.6 Å². The van der Waals surface area contributed by atoms with Crippen LogP contribution >= 0.6 is 24.4 Å². The van der Waals surface area contributed by atoms with E-state index in [1.807, 2.05) is 26.0 Å². The molecule has 9 heteroatoms. The van der Waals surface area contributed by atoms with Crippen molar-refractivity contribution in [1.29, 1.82) is 0 Å². The van der Waals surface area contributed by atoms with Crippen molar-refractivity contribution in [3.05, 3.63) is 30.1 Å². The van der Waals surface area contributed by atoms with Crippen molar-refractivity contribution < 1.29 is 0 Å². The molecule has 4 N–H and O–H groups in total. The molecule has 1 aromatic rings. The third-order valence-electron chi connectivity index (χ3n) is 2.28. The Balaban J connectivity index is 2.79. The molecule has 118 valence electrons. The molecule has 0 aliphatic carbocycles. The molecule has 0 aromatic carbocycles. The van der Waals surface area contributed by atoms with Gasteiger partial charge in [-0.05, 0) is 50.4 Å². The summed E-state index contributed by atoms with van der Waals surface area (Å²) in [5.41, 5.74) is 6.92. The summed E-state index contributed by atoms with van der Waals surface area (Å²) >= 11 is 10.1. The van der Waals surface area contributed by atoms with Gasteiger partial charge >= 0.3 is 0 Å². The van der Waals surface area contributed by atoms with Crippen molar-refractivity contribution in [2.24, 2.45) is 10.2 Å². The molecule has 0 aliphatic rings. The summed E-state index contributed by atoms with van der Waals surface area (Å²) in [7, 11) is 0. The van der Waals surface area contributed by atoms with Crippen LogP contribution in [-0.4, -0.2) is 40.2 Å². The van der Waals surface area contributed by atoms with Crippen molar-refractivity contribution >= 4 is 46.6 Å². The van der Waals surface area contributed by atoms with Crippen LogP contribution in [0.5, 0.6) is 0 Å². The Kier molecular flexibility index (Phi) is 8.61. The van der Waals surface area contributed by atoms with Gasteiger partial charge in [-0.3, -0.25) is 15.8 Å². The minimum atomic E-state index is 0.443. The second-order valence-corrected chi connectivity index (χ2v) is 4.75. The molecule has 0 saturated heterocycles. The van der Waals surface area contributed by atoms with Crippen LogP contribution in [0.25, 0.3) is 0 Å². The molecule has 1 heterocycles. The average Bonchev–Trinajstić information content (AvgIpc) is 2.52. The van der Waals surface area contributed by atoms with E-state index < -0.39 is 0 Å². The van der Waals surface area contributed by atoms with Gasteiger partial charge in [-0.1, -0.05) is 0 Å². The van der Waals surface area contributed by atoms with Crippen LogP contribution in [0.2, 0.25) is 0 Å². The molecule has 0 saturated carbocycles. The highest BCUT2D eigenvalue weighted by Gasteiger charge is 2.01. The molecule has 7 nitrogen and oxygen atoms in total. The standard InChI is InChI=1S/C13H19N7S2/c1-3-15-12(21)19-17-9-11(10-5-7-14-8-6-10)18-20-13(22)16-4-2/h5-9H,3-4H2,1-2H3,(H2,15,19,21)(H2,16,20,22)/b17-9+,18-11-. The Morgan fingerprint density at radius 1 is 1.09 bits per heavy atom. The van der Waals surface area contributed by atoms with E-state index in [-0.39, 0.29) is 0 Å². The highest BCUT2D eigenvalue weighted by Crippen LogP contribution is 1.97. The van der Waals surface area contributed by atoms with Crippen molar-refractivity contribution in [3.63, 3.8) is 0 Å². The predicted molar refractivity (Wildman–Crippen MR) is 98.1 cm³/mol. The van der Waals surface area contributed by atoms with Crippen molar-refractivity contribution in [2.45, 2.75) is 13.8 Å². The first-order valence-corrected chi connectivity index (χ1v) is 7.57. The van der Waals surface area contributed by atoms with Crippen LogP contribution in [0.15, 0.2) is 34.7 Å². The Morgan fingerprint density at radius 3 is 2.27 bits per heavy atom. The lowest BCUT2D eigenvalue weighted by molar-refractivity contribution is 0.899. The SMILES string of the molecule is CCNC(=S)N/N=C/C(=N/NC(=S)NCC)c1ccncc1. The Bertz CT molecular complexity index is 543. The summed E-state index contributed by atoms with van der Waals surface area (Å²) in [5.74, 6) is 0. The van der Waals surface area contributed by atoms with Gasteiger partial charge in [0.15, 0.2) is 10.2 Å². The van der Waals surface area contributed by atoms with Crippen LogP contribution in [-0.2, 0) is 0 Å². The van der Waals surface area contributed by atoms with Crippen molar-refractivity contribution in [1.82, 2.24) is 26.5 Å². The number of hydrogen-bond acceptors (Lipinski definition) is 5. The maximum absolute atomic E-state index is 5.08. The summed E-state index contributed by atoms with van der Waals surface area (Å²) in [6.45, 7) is 5.35. The minimum Gasteiger partial charge on any atom is -0.362 e. The molecule has 1 rings (SSSR count). The minimum absolute atomic E-state index is 0.443. The third kappa shape index (κ3) is 7.04. The zero-order chi connectivity index (χ0) is 16.2. The fourth-order valence-electron chi connectivity index (χ4n) is 1.35. The smallest absolute Gasteiger partial charge is 0.186 e. The molecule has 0 bridgehead atoms. The topological polar surface area (TPSA) is 85.7 Å². The van der Waals surface area contributed by atoms with Crippen LogP contribution in [0, 0.1) is 0 Å². The van der Waals surface area contributed by atoms with Gasteiger partial charge < -0.3 is 10.6 Å². The first kappa shape index (κ1) is 17.9. The van der Waals surface area contributed by atoms with Crippen LogP contribution in [0.3, 0.4) is 0 Å². The van der Waals surface area contributed by atoms with E-state index >= 15 is 0 Å². The molecule has 0 atom stereocenters. The summed E-state index contributed by atoms with van der Waals surface area (Å²) in [6, 6.07) is 3.65. The van der Waals surface area contributed by atoms with Crippen LogP contribution < -0.4 is 21.5 Å². The molecule has 1 aromatic heterocycles. The first-order valence-electron chi connectivity index (χ1n) is 6.76. The van der Waals surface area contributed by atoms with E-state index in [0.717, 1.165) is 18.7 Å². The van der Waals surface area contributed by atoms with Gasteiger partial charge in [-0.15, -0.1) is 0 Å². The fourth-order valence-corrected chi connectivity index (χ4v) is 1.74. The second kappa shape index (κ2) is 10.6.